The van der Waals surface area contributed by atoms with Crippen LogP contribution in [0.15, 0.2) is 76.6 Å². The van der Waals surface area contributed by atoms with Gasteiger partial charge in [-0.15, -0.1) is 21.5 Å². The summed E-state index contributed by atoms with van der Waals surface area (Å²) in [5.74, 6) is 0.321. The number of carbonyl (C=O) groups is 2. The molecule has 0 bridgehead atoms. The van der Waals surface area contributed by atoms with E-state index in [2.05, 4.69) is 61.8 Å². The Morgan fingerprint density at radius 3 is 2.34 bits per heavy atom. The van der Waals surface area contributed by atoms with Crippen LogP contribution in [0.25, 0.3) is 5.69 Å². The van der Waals surface area contributed by atoms with E-state index in [1.54, 1.807) is 11.7 Å². The number of nitrogens with zero attached hydrogens (tertiary/aromatic N) is 6. The number of fused-ring (bicyclic) bond motifs is 1. The predicted molar refractivity (Wildman–Crippen MR) is 202 cm³/mol. The Morgan fingerprint density at radius 1 is 0.860 bits per heavy atom. The average molecular weight is 709 g/mol. The molecule has 2 aromatic carbocycles. The third-order valence-electron chi connectivity index (χ3n) is 9.39. The number of anilines is 4. The number of aromatic nitrogens is 4. The SMILES string of the molecule is Cc1cccc(N2CCN(c3ccc(SCC(=O)Nc4sc5c(c4C(=O)Nc4c(C)n(C)n(-c6ccccc6)c4=O)CCCC5)nn3)CC2)c1. The quantitative estimate of drug-likeness (QED) is 0.184. The van der Waals surface area contributed by atoms with Crippen molar-refractivity contribution in [2.45, 2.75) is 44.6 Å². The first-order valence-corrected chi connectivity index (χ1v) is 18.7. The molecule has 258 valence electrons. The third-order valence-corrected chi connectivity index (χ3v) is 11.5. The van der Waals surface area contributed by atoms with E-state index in [1.165, 1.54) is 39.0 Å². The first-order chi connectivity index (χ1) is 24.3. The van der Waals surface area contributed by atoms with Gasteiger partial charge in [0.2, 0.25) is 5.91 Å². The van der Waals surface area contributed by atoms with Crippen molar-refractivity contribution in [1.82, 2.24) is 19.6 Å². The van der Waals surface area contributed by atoms with Gasteiger partial charge in [0.25, 0.3) is 11.5 Å². The molecule has 1 aliphatic heterocycles. The molecule has 0 atom stereocenters. The second-order valence-electron chi connectivity index (χ2n) is 12.7. The zero-order valence-corrected chi connectivity index (χ0v) is 30.1. The summed E-state index contributed by atoms with van der Waals surface area (Å²) in [6.45, 7) is 7.44. The second-order valence-corrected chi connectivity index (χ2v) is 14.8. The van der Waals surface area contributed by atoms with E-state index in [9.17, 15) is 14.4 Å². The van der Waals surface area contributed by atoms with Crippen molar-refractivity contribution in [3.63, 3.8) is 0 Å². The summed E-state index contributed by atoms with van der Waals surface area (Å²) >= 11 is 2.76. The van der Waals surface area contributed by atoms with Crippen LogP contribution in [0.2, 0.25) is 0 Å². The van der Waals surface area contributed by atoms with Crippen molar-refractivity contribution in [2.24, 2.45) is 7.05 Å². The summed E-state index contributed by atoms with van der Waals surface area (Å²) in [5.41, 5.74) is 5.16. The van der Waals surface area contributed by atoms with E-state index in [-0.39, 0.29) is 28.8 Å². The second kappa shape index (κ2) is 14.5. The molecule has 1 saturated heterocycles. The van der Waals surface area contributed by atoms with Crippen LogP contribution in [0.5, 0.6) is 0 Å². The maximum Gasteiger partial charge on any atom is 0.295 e. The largest absolute Gasteiger partial charge is 0.368 e. The number of aryl methyl sites for hydroxylation is 2. The molecule has 1 aliphatic carbocycles. The third kappa shape index (κ3) is 6.92. The summed E-state index contributed by atoms with van der Waals surface area (Å²) in [6, 6.07) is 21.8. The zero-order chi connectivity index (χ0) is 34.8. The van der Waals surface area contributed by atoms with Gasteiger partial charge in [-0.3, -0.25) is 19.1 Å². The number of thioether (sulfide) groups is 1. The summed E-state index contributed by atoms with van der Waals surface area (Å²) in [5, 5.41) is 16.0. The van der Waals surface area contributed by atoms with Gasteiger partial charge in [0.05, 0.1) is 22.7 Å². The fraction of sp³-hybridized carbons (Fsp3) is 0.324. The van der Waals surface area contributed by atoms with Crippen LogP contribution in [-0.4, -0.2) is 63.3 Å². The van der Waals surface area contributed by atoms with Gasteiger partial charge < -0.3 is 20.4 Å². The molecule has 5 aromatic rings. The number of rotatable bonds is 9. The van der Waals surface area contributed by atoms with E-state index >= 15 is 0 Å². The van der Waals surface area contributed by atoms with Gasteiger partial charge in [0.1, 0.15) is 15.7 Å². The fourth-order valence-corrected chi connectivity index (χ4v) is 8.58. The fourth-order valence-electron chi connectivity index (χ4n) is 6.66. The van der Waals surface area contributed by atoms with Gasteiger partial charge in [-0.25, -0.2) is 4.68 Å². The van der Waals surface area contributed by atoms with Gasteiger partial charge in [0.15, 0.2) is 5.82 Å². The summed E-state index contributed by atoms with van der Waals surface area (Å²) < 4.78 is 3.27. The predicted octanol–water partition coefficient (Wildman–Crippen LogP) is 5.83. The number of piperazine rings is 1. The van der Waals surface area contributed by atoms with Crippen molar-refractivity contribution < 1.29 is 9.59 Å². The Balaban J connectivity index is 0.998. The van der Waals surface area contributed by atoms with E-state index in [0.717, 1.165) is 68.1 Å². The molecule has 50 heavy (non-hydrogen) atoms. The van der Waals surface area contributed by atoms with Gasteiger partial charge in [-0.1, -0.05) is 42.1 Å². The number of hydrogen-bond donors (Lipinski definition) is 2. The monoisotopic (exact) mass is 708 g/mol. The van der Waals surface area contributed by atoms with Crippen LogP contribution in [0.1, 0.15) is 44.9 Å². The lowest BCUT2D eigenvalue weighted by Gasteiger charge is -2.36. The minimum Gasteiger partial charge on any atom is -0.368 e. The standard InChI is InChI=1S/C37H40N8O3S2/c1-24-10-9-13-27(22-24)43-18-20-44(21-19-43)30-16-17-32(41-40-30)49-23-31(46)38-36-33(28-14-7-8-15-29(28)50-36)35(47)39-34-25(2)42(3)45(37(34)48)26-11-5-4-6-12-26/h4-6,9-13,16-17,22H,7-8,14-15,18-21,23H2,1-3H3,(H,38,46)(H,39,47). The van der Waals surface area contributed by atoms with Gasteiger partial charge >= 0.3 is 0 Å². The highest BCUT2D eigenvalue weighted by Crippen LogP contribution is 2.39. The highest BCUT2D eigenvalue weighted by atomic mass is 32.2. The molecule has 0 saturated carbocycles. The lowest BCUT2D eigenvalue weighted by atomic mass is 9.95. The molecular formula is C37H40N8O3S2. The van der Waals surface area contributed by atoms with Crippen LogP contribution in [0.4, 0.5) is 22.2 Å². The number of amides is 2. The number of hydrogen-bond acceptors (Lipinski definition) is 9. The Bertz CT molecular complexity index is 2080. The van der Waals surface area contributed by atoms with Crippen molar-refractivity contribution in [1.29, 1.82) is 0 Å². The zero-order valence-electron chi connectivity index (χ0n) is 28.4. The number of nitrogens with one attached hydrogen (secondary N) is 2. The average Bonchev–Trinajstić information content (AvgIpc) is 3.60. The topological polar surface area (TPSA) is 117 Å². The first kappa shape index (κ1) is 33.6. The number of benzene rings is 2. The number of para-hydroxylation sites is 1. The van der Waals surface area contributed by atoms with Crippen LogP contribution < -0.4 is 26.0 Å². The molecule has 2 amide bonds. The van der Waals surface area contributed by atoms with Gasteiger partial charge in [-0.2, -0.15) is 0 Å². The van der Waals surface area contributed by atoms with E-state index in [1.807, 2.05) is 49.4 Å². The highest BCUT2D eigenvalue weighted by Gasteiger charge is 2.28. The van der Waals surface area contributed by atoms with Crippen molar-refractivity contribution in [2.75, 3.05) is 52.4 Å². The van der Waals surface area contributed by atoms with Crippen LogP contribution >= 0.6 is 23.1 Å². The van der Waals surface area contributed by atoms with Gasteiger partial charge in [-0.05, 0) is 87.1 Å². The highest BCUT2D eigenvalue weighted by molar-refractivity contribution is 7.99. The van der Waals surface area contributed by atoms with Gasteiger partial charge in [0, 0.05) is 43.8 Å². The molecule has 0 radical (unpaired) electrons. The minimum atomic E-state index is -0.389. The molecule has 4 heterocycles. The number of thiophene rings is 1. The first-order valence-electron chi connectivity index (χ1n) is 16.9. The Hall–Kier alpha value is -4.88. The molecule has 13 heteroatoms. The van der Waals surface area contributed by atoms with Crippen molar-refractivity contribution >= 4 is 57.1 Å². The van der Waals surface area contributed by atoms with E-state index in [4.69, 9.17) is 0 Å². The Kier molecular flexibility index (Phi) is 9.77. The molecule has 0 unspecified atom stereocenters. The molecule has 1 fully saturated rings. The molecule has 7 rings (SSSR count). The summed E-state index contributed by atoms with van der Waals surface area (Å²) in [4.78, 5) is 46.4. The molecule has 11 nitrogen and oxygen atoms in total. The smallest absolute Gasteiger partial charge is 0.295 e. The normalized spacial score (nSPS) is 14.4. The lowest BCUT2D eigenvalue weighted by Crippen LogP contribution is -2.46. The van der Waals surface area contributed by atoms with Crippen LogP contribution in [0, 0.1) is 13.8 Å². The molecule has 2 N–H and O–H groups in total. The van der Waals surface area contributed by atoms with Crippen molar-refractivity contribution in [3.8, 4) is 5.69 Å². The molecule has 2 aliphatic rings. The Labute approximate surface area is 299 Å². The maximum absolute atomic E-state index is 13.9. The van der Waals surface area contributed by atoms with E-state index < -0.39 is 0 Å². The summed E-state index contributed by atoms with van der Waals surface area (Å²) in [7, 11) is 1.79. The minimum absolute atomic E-state index is 0.117. The lowest BCUT2D eigenvalue weighted by molar-refractivity contribution is -0.113. The molecular weight excluding hydrogens is 669 g/mol. The molecule has 0 spiro atoms. The number of carbonyl (C=O) groups excluding carboxylic acids is 2. The molecule has 3 aromatic heterocycles. The van der Waals surface area contributed by atoms with Crippen LogP contribution in [-0.2, 0) is 24.7 Å². The van der Waals surface area contributed by atoms with Crippen molar-refractivity contribution in [3.05, 3.63) is 104 Å². The van der Waals surface area contributed by atoms with E-state index in [0.29, 0.717) is 27.0 Å². The Morgan fingerprint density at radius 2 is 1.60 bits per heavy atom. The van der Waals surface area contributed by atoms with Crippen LogP contribution in [0.3, 0.4) is 0 Å². The summed E-state index contributed by atoms with van der Waals surface area (Å²) in [6.07, 6.45) is 3.62. The maximum atomic E-state index is 13.9.